The number of β-amino-alcohol motifs (C(OH)–C–C–N with tert-alkyl or cyclic N) is 1. The fourth-order valence-electron chi connectivity index (χ4n) is 2.61. The predicted octanol–water partition coefficient (Wildman–Crippen LogP) is 1.30. The molecule has 0 bridgehead atoms. The van der Waals surface area contributed by atoms with Crippen molar-refractivity contribution in [1.82, 2.24) is 16.0 Å². The molecule has 1 heterocycles. The number of hydrogen-bond donors (Lipinski definition) is 4. The maximum Gasteiger partial charge on any atom is 0.408 e. The smallest absolute Gasteiger partial charge is 0.408 e. The second kappa shape index (κ2) is 9.84. The summed E-state index contributed by atoms with van der Waals surface area (Å²) in [5.74, 6) is -0.264. The molecule has 24 heavy (non-hydrogen) atoms. The second-order valence-electron chi connectivity index (χ2n) is 7.37. The normalized spacial score (nSPS) is 23.0. The Kier molecular flexibility index (Phi) is 8.48. The number of aliphatic hydroxyl groups excluding tert-OH is 1. The molecule has 2 unspecified atom stereocenters. The molecule has 0 radical (unpaired) electrons. The first-order chi connectivity index (χ1) is 11.2. The van der Waals surface area contributed by atoms with Crippen LogP contribution in [0, 0.1) is 0 Å². The van der Waals surface area contributed by atoms with Crippen LogP contribution >= 0.6 is 0 Å². The first-order valence-electron chi connectivity index (χ1n) is 8.91. The van der Waals surface area contributed by atoms with Gasteiger partial charge in [0, 0.05) is 6.54 Å². The van der Waals surface area contributed by atoms with E-state index in [1.54, 1.807) is 20.8 Å². The van der Waals surface area contributed by atoms with E-state index in [9.17, 15) is 14.7 Å². The first kappa shape index (κ1) is 20.7. The molecule has 0 aromatic rings. The van der Waals surface area contributed by atoms with Crippen molar-refractivity contribution in [3.63, 3.8) is 0 Å². The van der Waals surface area contributed by atoms with Crippen LogP contribution < -0.4 is 16.0 Å². The minimum absolute atomic E-state index is 0.264. The molecule has 0 spiro atoms. The fourth-order valence-corrected chi connectivity index (χ4v) is 2.61. The maximum absolute atomic E-state index is 12.6. The molecule has 0 aliphatic carbocycles. The van der Waals surface area contributed by atoms with Crippen LogP contribution in [0.15, 0.2) is 0 Å². The number of unbranched alkanes of at least 4 members (excludes halogenated alkanes) is 1. The number of aliphatic hydroxyl groups is 1. The third-order valence-corrected chi connectivity index (χ3v) is 3.87. The summed E-state index contributed by atoms with van der Waals surface area (Å²) in [6.45, 7) is 8.67. The average Bonchev–Trinajstić information content (AvgIpc) is 2.66. The van der Waals surface area contributed by atoms with Gasteiger partial charge in [-0.25, -0.2) is 4.79 Å². The van der Waals surface area contributed by atoms with Crippen LogP contribution in [0.1, 0.15) is 59.8 Å². The molecular formula is C17H33N3O4. The molecule has 1 rings (SSSR count). The second-order valence-corrected chi connectivity index (χ2v) is 7.37. The van der Waals surface area contributed by atoms with Crippen LogP contribution in [0.4, 0.5) is 4.79 Å². The summed E-state index contributed by atoms with van der Waals surface area (Å²) in [7, 11) is 0. The molecular weight excluding hydrogens is 310 g/mol. The Morgan fingerprint density at radius 2 is 2.08 bits per heavy atom. The van der Waals surface area contributed by atoms with Gasteiger partial charge in [-0.3, -0.25) is 4.79 Å². The Hall–Kier alpha value is -1.34. The lowest BCUT2D eigenvalue weighted by molar-refractivity contribution is -0.125. The molecule has 1 saturated heterocycles. The minimum Gasteiger partial charge on any atom is -0.444 e. The number of alkyl carbamates (subject to hydrolysis) is 1. The number of carbonyl (C=O) groups is 2. The standard InChI is InChI=1S/C17H33N3O4/c1-5-6-8-13(20-16(23)24-17(2,3)4)15(22)19-12-9-7-10-18-11-14(12)21/h12-14,18,21H,5-11H2,1-4H3,(H,19,22)(H,20,23)/t12?,13-,14?/m0/s1. The van der Waals surface area contributed by atoms with Gasteiger partial charge in [0.15, 0.2) is 0 Å². The van der Waals surface area contributed by atoms with E-state index in [-0.39, 0.29) is 11.9 Å². The third kappa shape index (κ3) is 7.97. The van der Waals surface area contributed by atoms with Crippen LogP contribution in [-0.4, -0.2) is 54.0 Å². The minimum atomic E-state index is -0.650. The van der Waals surface area contributed by atoms with E-state index in [4.69, 9.17) is 4.74 Å². The number of hydrogen-bond acceptors (Lipinski definition) is 5. The fraction of sp³-hybridized carbons (Fsp3) is 0.882. The van der Waals surface area contributed by atoms with Gasteiger partial charge < -0.3 is 25.8 Å². The zero-order valence-corrected chi connectivity index (χ0v) is 15.4. The molecule has 3 atom stereocenters. The van der Waals surface area contributed by atoms with Gasteiger partial charge in [0.05, 0.1) is 12.1 Å². The van der Waals surface area contributed by atoms with E-state index in [1.807, 2.05) is 6.92 Å². The van der Waals surface area contributed by atoms with Crippen molar-refractivity contribution in [3.05, 3.63) is 0 Å². The van der Waals surface area contributed by atoms with Gasteiger partial charge in [-0.1, -0.05) is 19.8 Å². The lowest BCUT2D eigenvalue weighted by Crippen LogP contribution is -2.53. The Bertz CT molecular complexity index is 409. The van der Waals surface area contributed by atoms with Gasteiger partial charge >= 0.3 is 6.09 Å². The monoisotopic (exact) mass is 343 g/mol. The topological polar surface area (TPSA) is 99.7 Å². The van der Waals surface area contributed by atoms with E-state index in [0.29, 0.717) is 19.4 Å². The van der Waals surface area contributed by atoms with Crippen molar-refractivity contribution in [1.29, 1.82) is 0 Å². The van der Waals surface area contributed by atoms with Gasteiger partial charge in [-0.15, -0.1) is 0 Å². The van der Waals surface area contributed by atoms with E-state index < -0.39 is 23.8 Å². The molecule has 7 heteroatoms. The van der Waals surface area contributed by atoms with Gasteiger partial charge in [-0.2, -0.15) is 0 Å². The molecule has 1 aliphatic rings. The largest absolute Gasteiger partial charge is 0.444 e. The molecule has 140 valence electrons. The molecule has 0 aromatic carbocycles. The third-order valence-electron chi connectivity index (χ3n) is 3.87. The van der Waals surface area contributed by atoms with Crippen LogP contribution in [-0.2, 0) is 9.53 Å². The summed E-state index contributed by atoms with van der Waals surface area (Å²) in [4.78, 5) is 24.5. The Labute approximate surface area is 144 Å². The van der Waals surface area contributed by atoms with Crippen LogP contribution in [0.2, 0.25) is 0 Å². The Morgan fingerprint density at radius 1 is 1.38 bits per heavy atom. The van der Waals surface area contributed by atoms with Crippen molar-refractivity contribution in [2.24, 2.45) is 0 Å². The quantitative estimate of drug-likeness (QED) is 0.582. The van der Waals surface area contributed by atoms with E-state index in [1.165, 1.54) is 0 Å². The summed E-state index contributed by atoms with van der Waals surface area (Å²) < 4.78 is 5.24. The summed E-state index contributed by atoms with van der Waals surface area (Å²) in [5, 5.41) is 18.8. The lowest BCUT2D eigenvalue weighted by Gasteiger charge is -2.26. The van der Waals surface area contributed by atoms with Crippen molar-refractivity contribution >= 4 is 12.0 Å². The Morgan fingerprint density at radius 3 is 2.71 bits per heavy atom. The number of nitrogens with one attached hydrogen (secondary N) is 3. The lowest BCUT2D eigenvalue weighted by atomic mass is 10.0. The molecule has 1 aliphatic heterocycles. The molecule has 0 aromatic heterocycles. The number of rotatable bonds is 6. The Balaban J connectivity index is 2.64. The highest BCUT2D eigenvalue weighted by Gasteiger charge is 2.28. The zero-order valence-electron chi connectivity index (χ0n) is 15.4. The zero-order chi connectivity index (χ0) is 18.2. The SMILES string of the molecule is CCCC[C@H](NC(=O)OC(C)(C)C)C(=O)NC1CCCNCC1O. The summed E-state index contributed by atoms with van der Waals surface area (Å²) in [5.41, 5.74) is -0.612. The predicted molar refractivity (Wildman–Crippen MR) is 92.7 cm³/mol. The molecule has 0 saturated carbocycles. The van der Waals surface area contributed by atoms with Gasteiger partial charge in [0.1, 0.15) is 11.6 Å². The number of amides is 2. The summed E-state index contributed by atoms with van der Waals surface area (Å²) in [6.07, 6.45) is 2.68. The molecule has 7 nitrogen and oxygen atoms in total. The van der Waals surface area contributed by atoms with Gasteiger partial charge in [-0.05, 0) is 46.6 Å². The van der Waals surface area contributed by atoms with Gasteiger partial charge in [0.2, 0.25) is 5.91 Å². The molecule has 2 amide bonds. The van der Waals surface area contributed by atoms with Crippen LogP contribution in [0.5, 0.6) is 0 Å². The van der Waals surface area contributed by atoms with Crippen molar-refractivity contribution in [3.8, 4) is 0 Å². The van der Waals surface area contributed by atoms with E-state index in [2.05, 4.69) is 16.0 Å². The molecule has 1 fully saturated rings. The van der Waals surface area contributed by atoms with Crippen molar-refractivity contribution in [2.75, 3.05) is 13.1 Å². The first-order valence-corrected chi connectivity index (χ1v) is 8.91. The van der Waals surface area contributed by atoms with E-state index >= 15 is 0 Å². The molecule has 4 N–H and O–H groups in total. The average molecular weight is 343 g/mol. The highest BCUT2D eigenvalue weighted by Crippen LogP contribution is 2.10. The number of carbonyl (C=O) groups excluding carboxylic acids is 2. The van der Waals surface area contributed by atoms with Crippen molar-refractivity contribution in [2.45, 2.75) is 83.6 Å². The van der Waals surface area contributed by atoms with E-state index in [0.717, 1.165) is 25.8 Å². The summed E-state index contributed by atoms with van der Waals surface area (Å²) in [6, 6.07) is -0.944. The summed E-state index contributed by atoms with van der Waals surface area (Å²) >= 11 is 0. The van der Waals surface area contributed by atoms with Crippen molar-refractivity contribution < 1.29 is 19.4 Å². The van der Waals surface area contributed by atoms with Crippen LogP contribution in [0.25, 0.3) is 0 Å². The highest BCUT2D eigenvalue weighted by atomic mass is 16.6. The van der Waals surface area contributed by atoms with Gasteiger partial charge in [0.25, 0.3) is 0 Å². The number of ether oxygens (including phenoxy) is 1. The highest BCUT2D eigenvalue weighted by molar-refractivity contribution is 5.85. The van der Waals surface area contributed by atoms with Crippen LogP contribution in [0.3, 0.4) is 0 Å². The maximum atomic E-state index is 12.6.